The van der Waals surface area contributed by atoms with Gasteiger partial charge in [0.25, 0.3) is 0 Å². The van der Waals surface area contributed by atoms with E-state index >= 15 is 0 Å². The van der Waals surface area contributed by atoms with Crippen molar-refractivity contribution in [2.24, 2.45) is 0 Å². The summed E-state index contributed by atoms with van der Waals surface area (Å²) in [5.74, 6) is -2.16. The lowest BCUT2D eigenvalue weighted by molar-refractivity contribution is 0.0518. The molecule has 1 aromatic heterocycles. The molecule has 1 heterocycles. The van der Waals surface area contributed by atoms with Gasteiger partial charge in [-0.25, -0.2) is 14.0 Å². The van der Waals surface area contributed by atoms with Gasteiger partial charge in [-0.2, -0.15) is 9.90 Å². The molecule has 0 bridgehead atoms. The van der Waals surface area contributed by atoms with E-state index in [-0.39, 0.29) is 23.6 Å². The Kier molecular flexibility index (Phi) is 4.27. The largest absolute Gasteiger partial charge is 0.465 e. The van der Waals surface area contributed by atoms with E-state index in [0.29, 0.717) is 0 Å². The van der Waals surface area contributed by atoms with E-state index in [2.05, 4.69) is 14.9 Å². The van der Waals surface area contributed by atoms with Crippen LogP contribution in [0.4, 0.5) is 4.39 Å². The number of rotatable bonds is 4. The van der Waals surface area contributed by atoms with Crippen molar-refractivity contribution in [2.45, 2.75) is 6.92 Å². The predicted molar refractivity (Wildman–Crippen MR) is 68.6 cm³/mol. The molecular formula is C13H12FN3O4. The number of methoxy groups -OCH3 is 1. The number of nitrogens with zero attached hydrogens (tertiary/aromatic N) is 3. The standard InChI is InChI=1S/C13H12FN3O4/c1-3-21-13(19)11-7-15-17(16-11)8-4-5-9(10(14)6-8)12(18)20-2/h4-7H,3H2,1-2H3. The van der Waals surface area contributed by atoms with Gasteiger partial charge >= 0.3 is 11.9 Å². The maximum atomic E-state index is 13.8. The molecular weight excluding hydrogens is 281 g/mol. The molecule has 0 unspecified atom stereocenters. The SMILES string of the molecule is CCOC(=O)c1cnn(-c2ccc(C(=O)OC)c(F)c2)n1. The first-order chi connectivity index (χ1) is 10.1. The van der Waals surface area contributed by atoms with E-state index in [9.17, 15) is 14.0 Å². The van der Waals surface area contributed by atoms with Crippen molar-refractivity contribution in [2.75, 3.05) is 13.7 Å². The second-order valence-electron chi connectivity index (χ2n) is 3.90. The van der Waals surface area contributed by atoms with Crippen LogP contribution < -0.4 is 0 Å². The summed E-state index contributed by atoms with van der Waals surface area (Å²) < 4.78 is 23.0. The van der Waals surface area contributed by atoms with E-state index in [1.807, 2.05) is 0 Å². The number of halogens is 1. The molecule has 1 aromatic carbocycles. The van der Waals surface area contributed by atoms with E-state index in [4.69, 9.17) is 4.74 Å². The third-order valence-corrected chi connectivity index (χ3v) is 2.57. The lowest BCUT2D eigenvalue weighted by Crippen LogP contribution is -2.08. The molecule has 0 atom stereocenters. The minimum atomic E-state index is -0.778. The zero-order valence-electron chi connectivity index (χ0n) is 11.4. The van der Waals surface area contributed by atoms with Crippen LogP contribution in [0.5, 0.6) is 0 Å². The van der Waals surface area contributed by atoms with Crippen LogP contribution in [0.15, 0.2) is 24.4 Å². The number of ether oxygens (including phenoxy) is 2. The number of esters is 2. The van der Waals surface area contributed by atoms with Crippen LogP contribution in [0.25, 0.3) is 5.69 Å². The average molecular weight is 293 g/mol. The Hall–Kier alpha value is -2.77. The van der Waals surface area contributed by atoms with Crippen molar-refractivity contribution in [1.82, 2.24) is 15.0 Å². The van der Waals surface area contributed by atoms with Gasteiger partial charge in [-0.05, 0) is 19.1 Å². The van der Waals surface area contributed by atoms with Crippen LogP contribution >= 0.6 is 0 Å². The van der Waals surface area contributed by atoms with Crippen LogP contribution in [0.2, 0.25) is 0 Å². The number of aromatic nitrogens is 3. The summed E-state index contributed by atoms with van der Waals surface area (Å²) in [7, 11) is 1.16. The molecule has 0 spiro atoms. The molecule has 0 radical (unpaired) electrons. The van der Waals surface area contributed by atoms with Gasteiger partial charge in [0.15, 0.2) is 5.69 Å². The van der Waals surface area contributed by atoms with Gasteiger partial charge in [-0.15, -0.1) is 5.10 Å². The predicted octanol–water partition coefficient (Wildman–Crippen LogP) is 1.37. The van der Waals surface area contributed by atoms with Gasteiger partial charge < -0.3 is 9.47 Å². The molecule has 0 fully saturated rings. The molecule has 110 valence electrons. The molecule has 0 aliphatic carbocycles. The fourth-order valence-corrected chi connectivity index (χ4v) is 1.59. The first kappa shape index (κ1) is 14.6. The summed E-state index contributed by atoms with van der Waals surface area (Å²) in [6.07, 6.45) is 1.21. The molecule has 0 saturated heterocycles. The van der Waals surface area contributed by atoms with Crippen LogP contribution in [-0.2, 0) is 9.47 Å². The van der Waals surface area contributed by atoms with Crippen molar-refractivity contribution >= 4 is 11.9 Å². The third kappa shape index (κ3) is 3.04. The van der Waals surface area contributed by atoms with Gasteiger partial charge in [0, 0.05) is 6.07 Å². The topological polar surface area (TPSA) is 83.3 Å². The van der Waals surface area contributed by atoms with E-state index in [1.54, 1.807) is 6.92 Å². The molecule has 0 aliphatic rings. The van der Waals surface area contributed by atoms with Gasteiger partial charge in [-0.3, -0.25) is 0 Å². The summed E-state index contributed by atoms with van der Waals surface area (Å²) in [6, 6.07) is 3.76. The van der Waals surface area contributed by atoms with E-state index in [0.717, 1.165) is 18.0 Å². The Labute approximate surface area is 119 Å². The summed E-state index contributed by atoms with van der Waals surface area (Å²) in [5.41, 5.74) is 0.0732. The molecule has 21 heavy (non-hydrogen) atoms. The minimum Gasteiger partial charge on any atom is -0.465 e. The Morgan fingerprint density at radius 2 is 2.10 bits per heavy atom. The minimum absolute atomic E-state index is 0.00861. The van der Waals surface area contributed by atoms with Crippen LogP contribution in [0.1, 0.15) is 27.8 Å². The molecule has 0 saturated carbocycles. The number of benzene rings is 1. The van der Waals surface area contributed by atoms with Crippen molar-refractivity contribution < 1.29 is 23.5 Å². The van der Waals surface area contributed by atoms with Crippen molar-refractivity contribution in [3.8, 4) is 5.69 Å². The molecule has 8 heteroatoms. The van der Waals surface area contributed by atoms with Crippen LogP contribution in [0, 0.1) is 5.82 Å². The maximum absolute atomic E-state index is 13.8. The zero-order chi connectivity index (χ0) is 15.4. The highest BCUT2D eigenvalue weighted by Gasteiger charge is 2.15. The quantitative estimate of drug-likeness (QED) is 0.792. The number of carbonyl (C=O) groups excluding carboxylic acids is 2. The number of hydrogen-bond acceptors (Lipinski definition) is 6. The Morgan fingerprint density at radius 1 is 1.33 bits per heavy atom. The van der Waals surface area contributed by atoms with Gasteiger partial charge in [0.1, 0.15) is 5.82 Å². The normalized spacial score (nSPS) is 10.2. The molecule has 0 N–H and O–H groups in total. The smallest absolute Gasteiger partial charge is 0.360 e. The summed E-state index contributed by atoms with van der Waals surface area (Å²) in [4.78, 5) is 23.8. The Balaban J connectivity index is 2.29. The Morgan fingerprint density at radius 3 is 2.71 bits per heavy atom. The van der Waals surface area contributed by atoms with Gasteiger partial charge in [0.2, 0.25) is 0 Å². The van der Waals surface area contributed by atoms with Gasteiger partial charge in [-0.1, -0.05) is 0 Å². The average Bonchev–Trinajstić information content (AvgIpc) is 2.96. The fraction of sp³-hybridized carbons (Fsp3) is 0.231. The molecule has 2 aromatic rings. The van der Waals surface area contributed by atoms with Crippen molar-refractivity contribution in [3.63, 3.8) is 0 Å². The molecule has 0 aliphatic heterocycles. The second kappa shape index (κ2) is 6.12. The number of hydrogen-bond donors (Lipinski definition) is 0. The highest BCUT2D eigenvalue weighted by Crippen LogP contribution is 2.14. The van der Waals surface area contributed by atoms with E-state index in [1.165, 1.54) is 18.3 Å². The summed E-state index contributed by atoms with van der Waals surface area (Å²) in [5, 5.41) is 7.73. The van der Waals surface area contributed by atoms with E-state index < -0.39 is 17.8 Å². The van der Waals surface area contributed by atoms with Crippen LogP contribution in [-0.4, -0.2) is 40.6 Å². The van der Waals surface area contributed by atoms with Crippen molar-refractivity contribution in [1.29, 1.82) is 0 Å². The molecule has 0 amide bonds. The maximum Gasteiger partial charge on any atom is 0.360 e. The lowest BCUT2D eigenvalue weighted by Gasteiger charge is -2.04. The fourth-order valence-electron chi connectivity index (χ4n) is 1.59. The third-order valence-electron chi connectivity index (χ3n) is 2.57. The second-order valence-corrected chi connectivity index (χ2v) is 3.90. The lowest BCUT2D eigenvalue weighted by atomic mass is 10.2. The highest BCUT2D eigenvalue weighted by molar-refractivity contribution is 5.89. The molecule has 7 nitrogen and oxygen atoms in total. The first-order valence-electron chi connectivity index (χ1n) is 6.04. The first-order valence-corrected chi connectivity index (χ1v) is 6.04. The van der Waals surface area contributed by atoms with Gasteiger partial charge in [0.05, 0.1) is 31.2 Å². The Bertz CT molecular complexity index is 684. The van der Waals surface area contributed by atoms with Crippen molar-refractivity contribution in [3.05, 3.63) is 41.5 Å². The zero-order valence-corrected chi connectivity index (χ0v) is 11.4. The summed E-state index contributed by atoms with van der Waals surface area (Å²) in [6.45, 7) is 1.89. The number of carbonyl (C=O) groups is 2. The molecule has 2 rings (SSSR count). The highest BCUT2D eigenvalue weighted by atomic mass is 19.1. The monoisotopic (exact) mass is 293 g/mol. The van der Waals surface area contributed by atoms with Crippen LogP contribution in [0.3, 0.4) is 0 Å². The summed E-state index contributed by atoms with van der Waals surface area (Å²) >= 11 is 0.